The van der Waals surface area contributed by atoms with Gasteiger partial charge in [-0.15, -0.1) is 0 Å². The van der Waals surface area contributed by atoms with E-state index in [9.17, 15) is 41.8 Å². The number of benzene rings is 2. The van der Waals surface area contributed by atoms with Crippen molar-refractivity contribution in [1.82, 2.24) is 20.1 Å². The summed E-state index contributed by atoms with van der Waals surface area (Å²) in [4.78, 5) is 53.6. The molecule has 3 N–H and O–H groups in total. The number of carboxylic acids is 1. The number of carbonyl (C=O) groups is 3. The number of aliphatic carboxylic acids is 1. The number of halogens is 5. The summed E-state index contributed by atoms with van der Waals surface area (Å²) in [6.07, 6.45) is -4.63. The number of rotatable bonds is 14. The predicted octanol–water partition coefficient (Wildman–Crippen LogP) is 6.12. The second-order valence-corrected chi connectivity index (χ2v) is 13.7. The molecule has 9 nitrogen and oxygen atoms in total. The minimum atomic E-state index is -4.57. The van der Waals surface area contributed by atoms with Gasteiger partial charge in [-0.3, -0.25) is 24.1 Å². The topological polar surface area (TPSA) is 121 Å². The maximum atomic E-state index is 15.7. The van der Waals surface area contributed by atoms with Gasteiger partial charge in [0.2, 0.25) is 5.91 Å². The van der Waals surface area contributed by atoms with Crippen molar-refractivity contribution in [1.29, 1.82) is 0 Å². The van der Waals surface area contributed by atoms with Crippen molar-refractivity contribution in [3.05, 3.63) is 92.1 Å². The molecule has 0 saturated carbocycles. The zero-order valence-corrected chi connectivity index (χ0v) is 29.2. The number of aryl methyl sites for hydroxylation is 3. The highest BCUT2D eigenvalue weighted by molar-refractivity contribution is 5.94. The SMILES string of the molecule is Cc1cc(-c2c(C)cc(C(F)(F)F)cc2C)cc([C@H](CC(=O)O)NC(=O)C[C@H](CC(C)C)NC(=O)c2cccn(CCN3CC(F)C3)c2=O)c1F. The molecule has 1 aromatic heterocycles. The number of likely N-dealkylation sites (tertiary alicyclic amines) is 1. The molecule has 1 fully saturated rings. The van der Waals surface area contributed by atoms with Gasteiger partial charge in [-0.05, 0) is 97.3 Å². The number of carboxylic acid groups (broad SMARTS) is 1. The number of hydrogen-bond donors (Lipinski definition) is 3. The monoisotopic (exact) mass is 718 g/mol. The number of alkyl halides is 4. The highest BCUT2D eigenvalue weighted by atomic mass is 19.4. The number of nitrogens with zero attached hydrogens (tertiary/aromatic N) is 2. The molecule has 0 aliphatic carbocycles. The average Bonchev–Trinajstić information content (AvgIpc) is 2.99. The van der Waals surface area contributed by atoms with Crippen LogP contribution in [0.25, 0.3) is 11.1 Å². The van der Waals surface area contributed by atoms with Gasteiger partial charge >= 0.3 is 12.1 Å². The Labute approximate surface area is 292 Å². The average molecular weight is 719 g/mol. The Balaban J connectivity index is 1.56. The van der Waals surface area contributed by atoms with Crippen molar-refractivity contribution < 1.29 is 41.4 Å². The Hall–Kier alpha value is -4.59. The smallest absolute Gasteiger partial charge is 0.416 e. The van der Waals surface area contributed by atoms with Crippen LogP contribution in [0.15, 0.2) is 47.4 Å². The largest absolute Gasteiger partial charge is 0.481 e. The molecular weight excluding hydrogens is 675 g/mol. The van der Waals surface area contributed by atoms with Crippen LogP contribution in [0.4, 0.5) is 22.0 Å². The number of amides is 2. The van der Waals surface area contributed by atoms with Crippen LogP contribution in [0.5, 0.6) is 0 Å². The predicted molar refractivity (Wildman–Crippen MR) is 182 cm³/mol. The molecule has 1 saturated heterocycles. The summed E-state index contributed by atoms with van der Waals surface area (Å²) in [5.41, 5.74) is -0.264. The third-order valence-electron chi connectivity index (χ3n) is 8.88. The molecule has 1 aliphatic rings. The van der Waals surface area contributed by atoms with Gasteiger partial charge in [-0.25, -0.2) is 8.78 Å². The maximum absolute atomic E-state index is 15.7. The summed E-state index contributed by atoms with van der Waals surface area (Å²) in [5, 5.41) is 15.0. The molecule has 2 atom stereocenters. The van der Waals surface area contributed by atoms with E-state index in [4.69, 9.17) is 0 Å². The van der Waals surface area contributed by atoms with Crippen LogP contribution in [0.2, 0.25) is 0 Å². The van der Waals surface area contributed by atoms with Crippen LogP contribution in [0.3, 0.4) is 0 Å². The van der Waals surface area contributed by atoms with Gasteiger partial charge < -0.3 is 20.3 Å². The van der Waals surface area contributed by atoms with Crippen LogP contribution in [-0.2, 0) is 22.3 Å². The first-order chi connectivity index (χ1) is 23.8. The molecular formula is C37H43F5N4O5. The summed E-state index contributed by atoms with van der Waals surface area (Å²) in [6.45, 7) is 9.43. The second kappa shape index (κ2) is 16.2. The van der Waals surface area contributed by atoms with Crippen molar-refractivity contribution in [3.8, 4) is 11.1 Å². The minimum Gasteiger partial charge on any atom is -0.481 e. The van der Waals surface area contributed by atoms with Crippen LogP contribution < -0.4 is 16.2 Å². The Kier molecular flexibility index (Phi) is 12.4. The van der Waals surface area contributed by atoms with E-state index >= 15 is 4.39 Å². The van der Waals surface area contributed by atoms with Gasteiger partial charge in [0.25, 0.3) is 11.5 Å². The molecule has 0 bridgehead atoms. The lowest BCUT2D eigenvalue weighted by Gasteiger charge is -2.34. The molecule has 3 aromatic rings. The van der Waals surface area contributed by atoms with E-state index in [-0.39, 0.29) is 59.8 Å². The maximum Gasteiger partial charge on any atom is 0.416 e. The van der Waals surface area contributed by atoms with Gasteiger partial charge in [-0.2, -0.15) is 13.2 Å². The lowest BCUT2D eigenvalue weighted by molar-refractivity contribution is -0.138. The van der Waals surface area contributed by atoms with Crippen molar-refractivity contribution >= 4 is 17.8 Å². The molecule has 51 heavy (non-hydrogen) atoms. The second-order valence-electron chi connectivity index (χ2n) is 13.7. The van der Waals surface area contributed by atoms with Crippen LogP contribution in [-0.4, -0.2) is 64.2 Å². The van der Waals surface area contributed by atoms with E-state index in [1.165, 1.54) is 49.7 Å². The number of carbonyl (C=O) groups excluding carboxylic acids is 2. The zero-order valence-electron chi connectivity index (χ0n) is 29.2. The fourth-order valence-electron chi connectivity index (χ4n) is 6.52. The van der Waals surface area contributed by atoms with E-state index in [2.05, 4.69) is 10.6 Å². The molecule has 2 amide bonds. The minimum absolute atomic E-state index is 0.00630. The Bertz CT molecular complexity index is 1810. The lowest BCUT2D eigenvalue weighted by atomic mass is 9.89. The van der Waals surface area contributed by atoms with E-state index < -0.39 is 65.6 Å². The van der Waals surface area contributed by atoms with E-state index in [1.54, 1.807) is 6.07 Å². The molecule has 4 rings (SSSR count). The van der Waals surface area contributed by atoms with Crippen LogP contribution in [0.1, 0.15) is 77.3 Å². The summed E-state index contributed by atoms with van der Waals surface area (Å²) in [7, 11) is 0. The highest BCUT2D eigenvalue weighted by Crippen LogP contribution is 2.37. The Morgan fingerprint density at radius 1 is 0.961 bits per heavy atom. The highest BCUT2D eigenvalue weighted by Gasteiger charge is 2.32. The van der Waals surface area contributed by atoms with Gasteiger partial charge in [0.05, 0.1) is 18.0 Å². The van der Waals surface area contributed by atoms with Gasteiger partial charge in [0, 0.05) is 50.4 Å². The summed E-state index contributed by atoms with van der Waals surface area (Å²) in [5.74, 6) is -3.52. The quantitative estimate of drug-likeness (QED) is 0.173. The third-order valence-corrected chi connectivity index (χ3v) is 8.88. The zero-order chi connectivity index (χ0) is 37.8. The summed E-state index contributed by atoms with van der Waals surface area (Å²) < 4.78 is 70.5. The summed E-state index contributed by atoms with van der Waals surface area (Å²) in [6, 6.07) is 5.53. The molecule has 276 valence electrons. The number of aromatic nitrogens is 1. The molecule has 2 aromatic carbocycles. The van der Waals surface area contributed by atoms with E-state index in [0.717, 1.165) is 12.1 Å². The molecule has 14 heteroatoms. The molecule has 2 heterocycles. The van der Waals surface area contributed by atoms with Crippen molar-refractivity contribution in [3.63, 3.8) is 0 Å². The van der Waals surface area contributed by atoms with Gasteiger partial charge in [0.15, 0.2) is 0 Å². The lowest BCUT2D eigenvalue weighted by Crippen LogP contribution is -2.50. The first-order valence-corrected chi connectivity index (χ1v) is 16.7. The molecule has 0 radical (unpaired) electrons. The van der Waals surface area contributed by atoms with E-state index in [1.807, 2.05) is 18.7 Å². The standard InChI is InChI=1S/C37H43F5N4O5/c1-20(2)11-27(43-35(50)28-7-6-8-46(36(28)51)10-9-45-18-26(38)19-45)16-31(47)44-30(17-32(48)49)29-15-24(12-23(5)34(29)39)33-21(3)13-25(14-22(33)4)37(40,41)42/h6-8,12-15,20,26-27,30H,9-11,16-19H2,1-5H3,(H,43,50)(H,44,47)(H,48,49)/t27-,30-/m0/s1. The first-order valence-electron chi connectivity index (χ1n) is 16.7. The summed E-state index contributed by atoms with van der Waals surface area (Å²) >= 11 is 0. The van der Waals surface area contributed by atoms with Crippen molar-refractivity contribution in [2.24, 2.45) is 5.92 Å². The van der Waals surface area contributed by atoms with E-state index in [0.29, 0.717) is 24.1 Å². The van der Waals surface area contributed by atoms with Crippen LogP contribution >= 0.6 is 0 Å². The molecule has 0 unspecified atom stereocenters. The first kappa shape index (κ1) is 39.2. The molecule has 0 spiro atoms. The van der Waals surface area contributed by atoms with Crippen LogP contribution in [0, 0.1) is 32.5 Å². The van der Waals surface area contributed by atoms with Gasteiger partial charge in [-0.1, -0.05) is 13.8 Å². The molecule has 1 aliphatic heterocycles. The Morgan fingerprint density at radius 2 is 1.61 bits per heavy atom. The fraction of sp³-hybridized carbons (Fsp3) is 0.459. The normalized spacial score (nSPS) is 15.0. The van der Waals surface area contributed by atoms with Gasteiger partial charge in [0.1, 0.15) is 17.6 Å². The fourth-order valence-corrected chi connectivity index (χ4v) is 6.52. The van der Waals surface area contributed by atoms with Crippen molar-refractivity contribution in [2.75, 3.05) is 19.6 Å². The Morgan fingerprint density at radius 3 is 2.18 bits per heavy atom. The number of pyridine rings is 1. The third kappa shape index (κ3) is 10.0. The van der Waals surface area contributed by atoms with Crippen molar-refractivity contribution in [2.45, 2.75) is 84.9 Å². The number of nitrogens with one attached hydrogen (secondary N) is 2. The number of hydrogen-bond acceptors (Lipinski definition) is 5.